The highest BCUT2D eigenvalue weighted by atomic mass is 32.2. The summed E-state index contributed by atoms with van der Waals surface area (Å²) in [6.45, 7) is 1.89. The summed E-state index contributed by atoms with van der Waals surface area (Å²) < 4.78 is 13.7. The number of aromatic nitrogens is 1. The molecule has 0 aliphatic heterocycles. The number of para-hydroxylation sites is 1. The van der Waals surface area contributed by atoms with Gasteiger partial charge in [-0.1, -0.05) is 30.3 Å². The van der Waals surface area contributed by atoms with Gasteiger partial charge in [-0.2, -0.15) is 0 Å². The predicted octanol–water partition coefficient (Wildman–Crippen LogP) is 5.05. The van der Waals surface area contributed by atoms with E-state index >= 15 is 0 Å². The quantitative estimate of drug-likeness (QED) is 0.599. The molecule has 3 aromatic rings. The largest absolute Gasteiger partial charge is 0.273 e. The van der Waals surface area contributed by atoms with Crippen LogP contribution < -0.4 is 4.90 Å². The standard InChI is InChI=1S/C18H15FN2OS2/c1-13-11-24-18(20-13)21(14-7-3-2-4-8-14)17(22)12-23-16-10-6-5-9-15(16)19/h2-11H,12H2,1H3. The Morgan fingerprint density at radius 3 is 2.54 bits per heavy atom. The number of anilines is 2. The molecule has 0 aliphatic carbocycles. The number of nitrogens with zero attached hydrogens (tertiary/aromatic N) is 2. The minimum absolute atomic E-state index is 0.133. The van der Waals surface area contributed by atoms with Crippen LogP contribution in [0, 0.1) is 12.7 Å². The average molecular weight is 358 g/mol. The number of carbonyl (C=O) groups is 1. The van der Waals surface area contributed by atoms with Crippen LogP contribution in [0.4, 0.5) is 15.2 Å². The van der Waals surface area contributed by atoms with Crippen LogP contribution in [-0.2, 0) is 4.79 Å². The first kappa shape index (κ1) is 16.7. The van der Waals surface area contributed by atoms with Crippen LogP contribution in [0.5, 0.6) is 0 Å². The third-order valence-corrected chi connectivity index (χ3v) is 5.23. The second-order valence-corrected chi connectivity index (χ2v) is 6.91. The van der Waals surface area contributed by atoms with Crippen LogP contribution in [0.25, 0.3) is 0 Å². The summed E-state index contributed by atoms with van der Waals surface area (Å²) in [5, 5.41) is 2.53. The first-order valence-electron chi connectivity index (χ1n) is 7.32. The minimum Gasteiger partial charge on any atom is -0.273 e. The molecule has 3 nitrogen and oxygen atoms in total. The van der Waals surface area contributed by atoms with Crippen molar-refractivity contribution in [3.63, 3.8) is 0 Å². The van der Waals surface area contributed by atoms with Gasteiger partial charge in [0.15, 0.2) is 5.13 Å². The maximum Gasteiger partial charge on any atom is 0.243 e. The summed E-state index contributed by atoms with van der Waals surface area (Å²) in [5.41, 5.74) is 1.62. The molecule has 0 atom stereocenters. The zero-order valence-electron chi connectivity index (χ0n) is 13.0. The number of thiazole rings is 1. The zero-order chi connectivity index (χ0) is 16.9. The Bertz CT molecular complexity index is 836. The molecule has 1 heterocycles. The van der Waals surface area contributed by atoms with Crippen molar-refractivity contribution in [2.24, 2.45) is 0 Å². The monoisotopic (exact) mass is 358 g/mol. The van der Waals surface area contributed by atoms with Crippen LogP contribution in [-0.4, -0.2) is 16.6 Å². The van der Waals surface area contributed by atoms with Gasteiger partial charge in [-0.15, -0.1) is 23.1 Å². The molecular weight excluding hydrogens is 343 g/mol. The fourth-order valence-electron chi connectivity index (χ4n) is 2.15. The van der Waals surface area contributed by atoms with E-state index < -0.39 is 0 Å². The van der Waals surface area contributed by atoms with Crippen LogP contribution >= 0.6 is 23.1 Å². The van der Waals surface area contributed by atoms with Crippen molar-refractivity contribution in [1.82, 2.24) is 4.98 Å². The highest BCUT2D eigenvalue weighted by Crippen LogP contribution is 2.30. The summed E-state index contributed by atoms with van der Waals surface area (Å²) in [6.07, 6.45) is 0. The van der Waals surface area contributed by atoms with Gasteiger partial charge in [0.1, 0.15) is 5.82 Å². The molecule has 0 spiro atoms. The molecule has 2 aromatic carbocycles. The Hall–Kier alpha value is -2.18. The Balaban J connectivity index is 1.83. The Labute approximate surface area is 148 Å². The summed E-state index contributed by atoms with van der Waals surface area (Å²) in [7, 11) is 0. The number of hydrogen-bond donors (Lipinski definition) is 0. The summed E-state index contributed by atoms with van der Waals surface area (Å²) >= 11 is 2.61. The third-order valence-electron chi connectivity index (χ3n) is 3.25. The molecule has 24 heavy (non-hydrogen) atoms. The fourth-order valence-corrected chi connectivity index (χ4v) is 3.78. The highest BCUT2D eigenvalue weighted by Gasteiger charge is 2.21. The van der Waals surface area contributed by atoms with E-state index in [-0.39, 0.29) is 17.5 Å². The van der Waals surface area contributed by atoms with Crippen molar-refractivity contribution in [3.8, 4) is 0 Å². The molecule has 0 N–H and O–H groups in total. The van der Waals surface area contributed by atoms with E-state index in [1.165, 1.54) is 29.2 Å². The maximum absolute atomic E-state index is 13.7. The molecule has 0 saturated heterocycles. The SMILES string of the molecule is Cc1csc(N(C(=O)CSc2ccccc2F)c2ccccc2)n1. The number of halogens is 1. The van der Waals surface area contributed by atoms with Gasteiger partial charge in [0.05, 0.1) is 17.1 Å². The van der Waals surface area contributed by atoms with Gasteiger partial charge in [-0.05, 0) is 31.2 Å². The fraction of sp³-hybridized carbons (Fsp3) is 0.111. The van der Waals surface area contributed by atoms with Gasteiger partial charge in [-0.3, -0.25) is 9.69 Å². The second kappa shape index (κ2) is 7.59. The minimum atomic E-state index is -0.313. The molecule has 0 unspecified atom stereocenters. The van der Waals surface area contributed by atoms with Crippen LogP contribution in [0.3, 0.4) is 0 Å². The maximum atomic E-state index is 13.7. The van der Waals surface area contributed by atoms with E-state index in [1.54, 1.807) is 23.1 Å². The van der Waals surface area contributed by atoms with Gasteiger partial charge < -0.3 is 0 Å². The number of amides is 1. The van der Waals surface area contributed by atoms with Crippen LogP contribution in [0.2, 0.25) is 0 Å². The van der Waals surface area contributed by atoms with E-state index in [0.29, 0.717) is 10.0 Å². The first-order chi connectivity index (χ1) is 11.6. The van der Waals surface area contributed by atoms with Crippen molar-refractivity contribution in [2.45, 2.75) is 11.8 Å². The number of carbonyl (C=O) groups excluding carboxylic acids is 1. The predicted molar refractivity (Wildman–Crippen MR) is 97.6 cm³/mol. The lowest BCUT2D eigenvalue weighted by Gasteiger charge is -2.20. The molecule has 0 saturated carbocycles. The lowest BCUT2D eigenvalue weighted by molar-refractivity contribution is -0.115. The molecule has 3 rings (SSSR count). The second-order valence-electron chi connectivity index (χ2n) is 5.06. The molecular formula is C18H15FN2OS2. The molecule has 0 radical (unpaired) electrons. The van der Waals surface area contributed by atoms with E-state index in [0.717, 1.165) is 11.4 Å². The van der Waals surface area contributed by atoms with E-state index in [2.05, 4.69) is 4.98 Å². The topological polar surface area (TPSA) is 33.2 Å². The van der Waals surface area contributed by atoms with Crippen LogP contribution in [0.15, 0.2) is 64.9 Å². The smallest absolute Gasteiger partial charge is 0.243 e. The third kappa shape index (κ3) is 3.83. The van der Waals surface area contributed by atoms with E-state index in [9.17, 15) is 9.18 Å². The normalized spacial score (nSPS) is 10.6. The van der Waals surface area contributed by atoms with Gasteiger partial charge in [-0.25, -0.2) is 9.37 Å². The van der Waals surface area contributed by atoms with Crippen molar-refractivity contribution in [3.05, 3.63) is 71.5 Å². The summed E-state index contributed by atoms with van der Waals surface area (Å²) in [6, 6.07) is 15.8. The summed E-state index contributed by atoms with van der Waals surface area (Å²) in [5.74, 6) is -0.315. The Kier molecular flexibility index (Phi) is 5.27. The van der Waals surface area contributed by atoms with Gasteiger partial charge in [0.2, 0.25) is 5.91 Å². The van der Waals surface area contributed by atoms with Gasteiger partial charge >= 0.3 is 0 Å². The molecule has 6 heteroatoms. The lowest BCUT2D eigenvalue weighted by Crippen LogP contribution is -2.27. The first-order valence-corrected chi connectivity index (χ1v) is 9.19. The molecule has 0 aliphatic rings. The Morgan fingerprint density at radius 2 is 1.88 bits per heavy atom. The number of aryl methyl sites for hydroxylation is 1. The van der Waals surface area contributed by atoms with Crippen LogP contribution in [0.1, 0.15) is 5.69 Å². The molecule has 0 bridgehead atoms. The molecule has 1 amide bonds. The van der Waals surface area contributed by atoms with Gasteiger partial charge in [0.25, 0.3) is 0 Å². The van der Waals surface area contributed by atoms with Gasteiger partial charge in [0, 0.05) is 10.3 Å². The van der Waals surface area contributed by atoms with Crippen molar-refractivity contribution >= 4 is 39.8 Å². The van der Waals surface area contributed by atoms with E-state index in [4.69, 9.17) is 0 Å². The van der Waals surface area contributed by atoms with Crippen molar-refractivity contribution in [1.29, 1.82) is 0 Å². The summed E-state index contributed by atoms with van der Waals surface area (Å²) in [4.78, 5) is 19.3. The van der Waals surface area contributed by atoms with E-state index in [1.807, 2.05) is 42.6 Å². The molecule has 1 aromatic heterocycles. The lowest BCUT2D eigenvalue weighted by atomic mass is 10.3. The number of rotatable bonds is 5. The highest BCUT2D eigenvalue weighted by molar-refractivity contribution is 8.00. The average Bonchev–Trinajstić information content (AvgIpc) is 3.01. The number of thioether (sulfide) groups is 1. The molecule has 122 valence electrons. The number of hydrogen-bond acceptors (Lipinski definition) is 4. The zero-order valence-corrected chi connectivity index (χ0v) is 14.6. The Morgan fingerprint density at radius 1 is 1.17 bits per heavy atom. The van der Waals surface area contributed by atoms with Crippen molar-refractivity contribution in [2.75, 3.05) is 10.7 Å². The molecule has 0 fully saturated rings. The number of benzene rings is 2. The van der Waals surface area contributed by atoms with Crippen molar-refractivity contribution < 1.29 is 9.18 Å².